The van der Waals surface area contributed by atoms with Gasteiger partial charge in [-0.3, -0.25) is 4.79 Å². The van der Waals surface area contributed by atoms with E-state index in [1.807, 2.05) is 25.1 Å². The summed E-state index contributed by atoms with van der Waals surface area (Å²) in [7, 11) is 1.65. The molecular weight excluding hydrogens is 256 g/mol. The van der Waals surface area contributed by atoms with Crippen LogP contribution >= 0.6 is 0 Å². The van der Waals surface area contributed by atoms with E-state index in [1.54, 1.807) is 7.11 Å². The van der Waals surface area contributed by atoms with Gasteiger partial charge in [-0.05, 0) is 26.0 Å². The summed E-state index contributed by atoms with van der Waals surface area (Å²) < 4.78 is 10.8. The highest BCUT2D eigenvalue weighted by molar-refractivity contribution is 6.02. The lowest BCUT2D eigenvalue weighted by Crippen LogP contribution is -2.27. The number of anilines is 1. The average Bonchev–Trinajstić information content (AvgIpc) is 2.71. The Morgan fingerprint density at radius 2 is 2.25 bits per heavy atom. The normalized spacial score (nSPS) is 18.6. The van der Waals surface area contributed by atoms with E-state index in [4.69, 9.17) is 9.47 Å². The highest BCUT2D eigenvalue weighted by atomic mass is 16.5. The molecule has 0 aromatic heterocycles. The third kappa shape index (κ3) is 3.29. The van der Waals surface area contributed by atoms with Crippen molar-refractivity contribution in [2.45, 2.75) is 32.4 Å². The molecule has 1 aromatic rings. The molecule has 1 amide bonds. The second-order valence-corrected chi connectivity index (χ2v) is 5.01. The predicted octanol–water partition coefficient (Wildman–Crippen LogP) is 2.09. The van der Waals surface area contributed by atoms with Crippen LogP contribution in [0.2, 0.25) is 0 Å². The molecule has 0 saturated heterocycles. The van der Waals surface area contributed by atoms with Crippen molar-refractivity contribution in [3.8, 4) is 5.75 Å². The Balaban J connectivity index is 2.09. The van der Waals surface area contributed by atoms with E-state index in [0.29, 0.717) is 6.61 Å². The first-order chi connectivity index (χ1) is 9.65. The van der Waals surface area contributed by atoms with Crippen molar-refractivity contribution in [1.29, 1.82) is 0 Å². The number of carbonyl (C=O) groups is 1. The van der Waals surface area contributed by atoms with Crippen LogP contribution in [-0.4, -0.2) is 32.3 Å². The molecule has 110 valence electrons. The summed E-state index contributed by atoms with van der Waals surface area (Å²) in [6, 6.07) is 5.45. The fourth-order valence-corrected chi connectivity index (χ4v) is 2.31. The number of methoxy groups -OCH3 is 1. The number of hydrogen-bond acceptors (Lipinski definition) is 4. The number of nitrogens with one attached hydrogen (secondary N) is 2. The summed E-state index contributed by atoms with van der Waals surface area (Å²) in [6.45, 7) is 5.38. The first-order valence-corrected chi connectivity index (χ1v) is 6.99. The molecule has 0 radical (unpaired) electrons. The van der Waals surface area contributed by atoms with Crippen LogP contribution in [0.5, 0.6) is 5.75 Å². The van der Waals surface area contributed by atoms with E-state index in [-0.39, 0.29) is 18.1 Å². The molecule has 5 nitrogen and oxygen atoms in total. The highest BCUT2D eigenvalue weighted by Gasteiger charge is 2.30. The summed E-state index contributed by atoms with van der Waals surface area (Å²) in [5.74, 6) is 0.736. The molecule has 0 fully saturated rings. The maximum absolute atomic E-state index is 11.9. The van der Waals surface area contributed by atoms with Crippen molar-refractivity contribution in [2.75, 3.05) is 25.6 Å². The van der Waals surface area contributed by atoms with Gasteiger partial charge < -0.3 is 20.1 Å². The third-order valence-electron chi connectivity index (χ3n) is 3.19. The van der Waals surface area contributed by atoms with Gasteiger partial charge in [0.2, 0.25) is 5.91 Å². The minimum atomic E-state index is -0.254. The molecule has 1 aliphatic rings. The van der Waals surface area contributed by atoms with E-state index in [2.05, 4.69) is 17.6 Å². The van der Waals surface area contributed by atoms with Gasteiger partial charge in [0.15, 0.2) is 0 Å². The third-order valence-corrected chi connectivity index (χ3v) is 3.19. The number of hydrogen-bond donors (Lipinski definition) is 2. The van der Waals surface area contributed by atoms with E-state index in [0.717, 1.165) is 30.0 Å². The summed E-state index contributed by atoms with van der Waals surface area (Å²) in [6.07, 6.45) is 0.971. The van der Waals surface area contributed by atoms with Gasteiger partial charge in [-0.25, -0.2) is 0 Å². The van der Waals surface area contributed by atoms with E-state index >= 15 is 0 Å². The molecule has 0 bridgehead atoms. The Morgan fingerprint density at radius 3 is 2.95 bits per heavy atom. The molecule has 2 rings (SSSR count). The second-order valence-electron chi connectivity index (χ2n) is 5.01. The molecule has 1 aliphatic heterocycles. The van der Waals surface area contributed by atoms with Crippen LogP contribution in [0, 0.1) is 0 Å². The zero-order valence-corrected chi connectivity index (χ0v) is 12.2. The number of ether oxygens (including phenoxy) is 2. The number of rotatable bonds is 7. The predicted molar refractivity (Wildman–Crippen MR) is 78.1 cm³/mol. The first kappa shape index (κ1) is 14.8. The molecule has 1 heterocycles. The van der Waals surface area contributed by atoms with Crippen LogP contribution in [0.1, 0.15) is 31.9 Å². The SMILES string of the molecule is CCCNC1C(=O)Nc2cc(OC(C)COC)ccc21. The zero-order chi connectivity index (χ0) is 14.5. The maximum atomic E-state index is 11.9. The highest BCUT2D eigenvalue weighted by Crippen LogP contribution is 2.34. The van der Waals surface area contributed by atoms with Crippen LogP contribution in [0.3, 0.4) is 0 Å². The lowest BCUT2D eigenvalue weighted by molar-refractivity contribution is -0.117. The van der Waals surface area contributed by atoms with Crippen molar-refractivity contribution in [3.05, 3.63) is 23.8 Å². The first-order valence-electron chi connectivity index (χ1n) is 6.99. The van der Waals surface area contributed by atoms with Crippen molar-refractivity contribution >= 4 is 11.6 Å². The van der Waals surface area contributed by atoms with E-state index in [1.165, 1.54) is 0 Å². The average molecular weight is 278 g/mol. The van der Waals surface area contributed by atoms with Gasteiger partial charge in [0, 0.05) is 24.4 Å². The molecule has 2 atom stereocenters. The van der Waals surface area contributed by atoms with Gasteiger partial charge in [0.1, 0.15) is 17.9 Å². The summed E-state index contributed by atoms with van der Waals surface area (Å²) in [4.78, 5) is 11.9. The minimum absolute atomic E-state index is 0.00413. The van der Waals surface area contributed by atoms with Crippen LogP contribution in [0.4, 0.5) is 5.69 Å². The maximum Gasteiger partial charge on any atom is 0.246 e. The van der Waals surface area contributed by atoms with E-state index in [9.17, 15) is 4.79 Å². The largest absolute Gasteiger partial charge is 0.488 e. The molecule has 0 spiro atoms. The van der Waals surface area contributed by atoms with Crippen LogP contribution in [-0.2, 0) is 9.53 Å². The van der Waals surface area contributed by atoms with Crippen molar-refractivity contribution in [2.24, 2.45) is 0 Å². The fraction of sp³-hybridized carbons (Fsp3) is 0.533. The van der Waals surface area contributed by atoms with Gasteiger partial charge in [-0.1, -0.05) is 13.0 Å². The number of amides is 1. The molecule has 20 heavy (non-hydrogen) atoms. The Labute approximate surface area is 119 Å². The van der Waals surface area contributed by atoms with Gasteiger partial charge >= 0.3 is 0 Å². The molecule has 0 saturated carbocycles. The lowest BCUT2D eigenvalue weighted by Gasteiger charge is -2.15. The summed E-state index contributed by atoms with van der Waals surface area (Å²) in [5.41, 5.74) is 1.81. The molecule has 2 N–H and O–H groups in total. The lowest BCUT2D eigenvalue weighted by atomic mass is 10.1. The zero-order valence-electron chi connectivity index (χ0n) is 12.2. The molecule has 1 aromatic carbocycles. The minimum Gasteiger partial charge on any atom is -0.488 e. The van der Waals surface area contributed by atoms with E-state index < -0.39 is 0 Å². The van der Waals surface area contributed by atoms with Crippen molar-refractivity contribution in [3.63, 3.8) is 0 Å². The van der Waals surface area contributed by atoms with Crippen LogP contribution in [0.25, 0.3) is 0 Å². The Kier molecular flexibility index (Phi) is 4.98. The number of fused-ring (bicyclic) bond motifs is 1. The summed E-state index contributed by atoms with van der Waals surface area (Å²) >= 11 is 0. The van der Waals surface area contributed by atoms with Crippen molar-refractivity contribution < 1.29 is 14.3 Å². The van der Waals surface area contributed by atoms with Crippen molar-refractivity contribution in [1.82, 2.24) is 5.32 Å². The monoisotopic (exact) mass is 278 g/mol. The molecule has 2 unspecified atom stereocenters. The second kappa shape index (κ2) is 6.72. The molecule has 0 aliphatic carbocycles. The number of carbonyl (C=O) groups excluding carboxylic acids is 1. The van der Waals surface area contributed by atoms with Crippen LogP contribution in [0.15, 0.2) is 18.2 Å². The standard InChI is InChI=1S/C15H22N2O3/c1-4-7-16-14-12-6-5-11(20-10(2)9-19-3)8-13(12)17-15(14)18/h5-6,8,10,14,16H,4,7,9H2,1-3H3,(H,17,18). The summed E-state index contributed by atoms with van der Waals surface area (Å²) in [5, 5.41) is 6.13. The fourth-order valence-electron chi connectivity index (χ4n) is 2.31. The molecular formula is C15H22N2O3. The van der Waals surface area contributed by atoms with Crippen LogP contribution < -0.4 is 15.4 Å². The number of benzene rings is 1. The van der Waals surface area contributed by atoms with Gasteiger partial charge in [-0.15, -0.1) is 0 Å². The Hall–Kier alpha value is -1.59. The smallest absolute Gasteiger partial charge is 0.246 e. The van der Waals surface area contributed by atoms with Gasteiger partial charge in [0.05, 0.1) is 6.61 Å². The Morgan fingerprint density at radius 1 is 1.45 bits per heavy atom. The van der Waals surface area contributed by atoms with Gasteiger partial charge in [-0.2, -0.15) is 0 Å². The van der Waals surface area contributed by atoms with Gasteiger partial charge in [0.25, 0.3) is 0 Å². The Bertz CT molecular complexity index is 476. The molecule has 5 heteroatoms. The quantitative estimate of drug-likeness (QED) is 0.802. The topological polar surface area (TPSA) is 59.6 Å².